The summed E-state index contributed by atoms with van der Waals surface area (Å²) in [5.74, 6) is -0.880. The Balaban J connectivity index is 2.01. The Morgan fingerprint density at radius 3 is 2.72 bits per heavy atom. The number of nitrogens with zero attached hydrogens (tertiary/aromatic N) is 1. The summed E-state index contributed by atoms with van der Waals surface area (Å²) in [6.45, 7) is 5.36. The molecule has 2 aromatic rings. The van der Waals surface area contributed by atoms with Gasteiger partial charge in [-0.3, -0.25) is 9.59 Å². The van der Waals surface area contributed by atoms with Crippen LogP contribution < -0.4 is 0 Å². The second-order valence-corrected chi connectivity index (χ2v) is 7.03. The predicted molar refractivity (Wildman–Crippen MR) is 95.1 cm³/mol. The van der Waals surface area contributed by atoms with E-state index >= 15 is 0 Å². The fourth-order valence-electron chi connectivity index (χ4n) is 4.05. The highest BCUT2D eigenvalue weighted by Gasteiger charge is 2.49. The maximum atomic E-state index is 13.0. The number of nitrogens with one attached hydrogen (secondary N) is 1. The molecule has 5 heteroatoms. The molecule has 1 aromatic heterocycles. The minimum atomic E-state index is -0.586. The van der Waals surface area contributed by atoms with Crippen molar-refractivity contribution in [1.29, 1.82) is 0 Å². The van der Waals surface area contributed by atoms with E-state index < -0.39 is 6.04 Å². The van der Waals surface area contributed by atoms with E-state index in [1.807, 2.05) is 44.3 Å². The van der Waals surface area contributed by atoms with Gasteiger partial charge in [0.25, 0.3) is 5.91 Å². The number of H-pyrrole nitrogens is 1. The highest BCUT2D eigenvalue weighted by molar-refractivity contribution is 6.27. The highest BCUT2D eigenvalue weighted by atomic mass is 16.3. The molecule has 0 radical (unpaired) electrons. The zero-order valence-electron chi connectivity index (χ0n) is 14.5. The summed E-state index contributed by atoms with van der Waals surface area (Å²) in [5.41, 5.74) is 4.04. The lowest BCUT2D eigenvalue weighted by Crippen LogP contribution is -2.38. The number of rotatable bonds is 1. The van der Waals surface area contributed by atoms with Crippen molar-refractivity contribution < 1.29 is 14.7 Å². The summed E-state index contributed by atoms with van der Waals surface area (Å²) in [4.78, 5) is 30.7. The van der Waals surface area contributed by atoms with Crippen molar-refractivity contribution in [2.75, 3.05) is 0 Å². The monoisotopic (exact) mass is 336 g/mol. The van der Waals surface area contributed by atoms with Crippen molar-refractivity contribution in [3.8, 4) is 0 Å². The van der Waals surface area contributed by atoms with E-state index in [4.69, 9.17) is 0 Å². The van der Waals surface area contributed by atoms with E-state index in [0.29, 0.717) is 6.42 Å². The third-order valence-electron chi connectivity index (χ3n) is 5.04. The molecule has 2 aliphatic rings. The van der Waals surface area contributed by atoms with E-state index in [9.17, 15) is 14.7 Å². The van der Waals surface area contributed by atoms with Gasteiger partial charge < -0.3 is 15.0 Å². The first-order valence-electron chi connectivity index (χ1n) is 8.40. The van der Waals surface area contributed by atoms with Crippen LogP contribution in [0.4, 0.5) is 0 Å². The second kappa shape index (κ2) is 5.34. The number of hydrogen-bond acceptors (Lipinski definition) is 3. The number of fused-ring (bicyclic) bond motifs is 1. The van der Waals surface area contributed by atoms with Gasteiger partial charge in [0.2, 0.25) is 0 Å². The van der Waals surface area contributed by atoms with Crippen LogP contribution in [0.3, 0.4) is 0 Å². The number of carbonyl (C=O) groups excluding carboxylic acids is 2. The smallest absolute Gasteiger partial charge is 0.262 e. The number of aliphatic hydroxyl groups is 1. The Morgan fingerprint density at radius 1 is 1.28 bits per heavy atom. The molecule has 1 saturated heterocycles. The first-order valence-corrected chi connectivity index (χ1v) is 8.40. The zero-order valence-corrected chi connectivity index (χ0v) is 14.5. The third kappa shape index (κ3) is 2.15. The Bertz CT molecular complexity index is 972. The van der Waals surface area contributed by atoms with Gasteiger partial charge in [-0.1, -0.05) is 23.8 Å². The fraction of sp³-hybridized carbons (Fsp3) is 0.300. The topological polar surface area (TPSA) is 73.4 Å². The maximum absolute atomic E-state index is 13.0. The highest BCUT2D eigenvalue weighted by Crippen LogP contribution is 2.42. The van der Waals surface area contributed by atoms with Gasteiger partial charge >= 0.3 is 0 Å². The van der Waals surface area contributed by atoms with Crippen LogP contribution in [-0.4, -0.2) is 32.7 Å². The van der Waals surface area contributed by atoms with Gasteiger partial charge in [-0.2, -0.15) is 0 Å². The first kappa shape index (κ1) is 15.7. The Hall–Kier alpha value is -2.82. The van der Waals surface area contributed by atoms with Crippen LogP contribution in [-0.2, 0) is 16.0 Å². The van der Waals surface area contributed by atoms with Crippen LogP contribution in [0.15, 0.2) is 47.4 Å². The number of allylic oxidation sites excluding steroid dienone is 2. The van der Waals surface area contributed by atoms with Crippen LogP contribution in [0.1, 0.15) is 37.9 Å². The average molecular weight is 336 g/mol. The van der Waals surface area contributed by atoms with Gasteiger partial charge in [0.15, 0.2) is 5.78 Å². The first-order chi connectivity index (χ1) is 11.9. The number of aliphatic hydroxyl groups excluding tert-OH is 1. The van der Waals surface area contributed by atoms with Crippen molar-refractivity contribution >= 4 is 22.6 Å². The number of aromatic amines is 1. The quantitative estimate of drug-likeness (QED) is 0.363. The summed E-state index contributed by atoms with van der Waals surface area (Å²) in [7, 11) is 0. The molecule has 5 nitrogen and oxygen atoms in total. The molecule has 2 aliphatic heterocycles. The summed E-state index contributed by atoms with van der Waals surface area (Å²) >= 11 is 0. The molecule has 128 valence electrons. The van der Waals surface area contributed by atoms with E-state index in [1.54, 1.807) is 4.90 Å². The fourth-order valence-corrected chi connectivity index (χ4v) is 4.05. The summed E-state index contributed by atoms with van der Waals surface area (Å²) < 4.78 is 0. The molecule has 25 heavy (non-hydrogen) atoms. The van der Waals surface area contributed by atoms with Crippen molar-refractivity contribution in [2.24, 2.45) is 0 Å². The standard InChI is InChI=1S/C20H20N2O3/c1-10(2)7-15-13-5-4-6-14-18(13)12(9-21-14)8-16-19(24)17(11(3)23)20(25)22(15)16/h4-7,9,15-16,21,23H,8H2,1-3H3/b17-11-/t15-,16-/m1/s1. The van der Waals surface area contributed by atoms with E-state index in [-0.39, 0.29) is 29.1 Å². The van der Waals surface area contributed by atoms with Crippen molar-refractivity contribution in [2.45, 2.75) is 39.3 Å². The van der Waals surface area contributed by atoms with E-state index in [0.717, 1.165) is 27.6 Å². The minimum absolute atomic E-state index is 0.0803. The summed E-state index contributed by atoms with van der Waals surface area (Å²) in [6.07, 6.45) is 4.39. The van der Waals surface area contributed by atoms with Gasteiger partial charge in [0.05, 0.1) is 6.04 Å². The molecule has 3 heterocycles. The van der Waals surface area contributed by atoms with Crippen LogP contribution in [0.25, 0.3) is 10.9 Å². The lowest BCUT2D eigenvalue weighted by molar-refractivity contribution is -0.128. The largest absolute Gasteiger partial charge is 0.512 e. The van der Waals surface area contributed by atoms with Gasteiger partial charge in [0.1, 0.15) is 17.4 Å². The number of hydrogen-bond donors (Lipinski definition) is 2. The van der Waals surface area contributed by atoms with Crippen LogP contribution in [0.2, 0.25) is 0 Å². The molecule has 0 spiro atoms. The zero-order chi connectivity index (χ0) is 17.9. The lowest BCUT2D eigenvalue weighted by Gasteiger charge is -2.29. The van der Waals surface area contributed by atoms with Gasteiger partial charge in [-0.15, -0.1) is 0 Å². The Kier molecular flexibility index (Phi) is 3.35. The number of ketones is 1. The van der Waals surface area contributed by atoms with Gasteiger partial charge in [0, 0.05) is 23.5 Å². The maximum Gasteiger partial charge on any atom is 0.262 e. The molecular formula is C20H20N2O3. The molecule has 0 aliphatic carbocycles. The molecular weight excluding hydrogens is 316 g/mol. The Morgan fingerprint density at radius 2 is 2.04 bits per heavy atom. The molecule has 4 rings (SSSR count). The third-order valence-corrected chi connectivity index (χ3v) is 5.04. The number of Topliss-reactive ketones (excluding diaryl/α,β-unsaturated/α-hetero) is 1. The van der Waals surface area contributed by atoms with Crippen LogP contribution in [0, 0.1) is 0 Å². The molecule has 0 unspecified atom stereocenters. The molecule has 0 saturated carbocycles. The number of carbonyl (C=O) groups is 2. The molecule has 1 amide bonds. The molecule has 2 N–H and O–H groups in total. The van der Waals surface area contributed by atoms with Crippen LogP contribution >= 0.6 is 0 Å². The SMILES string of the molecule is CC(C)=C[C@@H]1c2cccc3[nH]cc(c23)C[C@@H]2C(=O)/C(=C(\C)O)C(=O)N21. The van der Waals surface area contributed by atoms with Crippen LogP contribution in [0.5, 0.6) is 0 Å². The molecule has 1 aromatic carbocycles. The second-order valence-electron chi connectivity index (χ2n) is 7.03. The number of benzene rings is 1. The van der Waals surface area contributed by atoms with E-state index in [1.165, 1.54) is 6.92 Å². The van der Waals surface area contributed by atoms with Crippen molar-refractivity contribution in [3.63, 3.8) is 0 Å². The van der Waals surface area contributed by atoms with E-state index in [2.05, 4.69) is 4.98 Å². The normalized spacial score (nSPS) is 24.4. The number of amides is 1. The molecule has 1 fully saturated rings. The Labute approximate surface area is 145 Å². The molecule has 2 atom stereocenters. The van der Waals surface area contributed by atoms with Gasteiger partial charge in [-0.25, -0.2) is 0 Å². The summed E-state index contributed by atoms with van der Waals surface area (Å²) in [5, 5.41) is 11.0. The molecule has 0 bridgehead atoms. The lowest BCUT2D eigenvalue weighted by atomic mass is 9.97. The average Bonchev–Trinajstić information content (AvgIpc) is 3.00. The van der Waals surface area contributed by atoms with Gasteiger partial charge in [-0.05, 0) is 38.0 Å². The summed E-state index contributed by atoms with van der Waals surface area (Å²) in [6, 6.07) is 5.06. The predicted octanol–water partition coefficient (Wildman–Crippen LogP) is 3.34. The number of aromatic nitrogens is 1. The van der Waals surface area contributed by atoms with Crippen molar-refractivity contribution in [1.82, 2.24) is 9.88 Å². The van der Waals surface area contributed by atoms with Crippen molar-refractivity contribution in [3.05, 3.63) is 58.5 Å². The minimum Gasteiger partial charge on any atom is -0.512 e.